The molecule has 1 fully saturated rings. The lowest BCUT2D eigenvalue weighted by Crippen LogP contribution is -2.37. The van der Waals surface area contributed by atoms with Crippen LogP contribution in [0.3, 0.4) is 0 Å². The summed E-state index contributed by atoms with van der Waals surface area (Å²) in [6, 6.07) is 6.21. The number of anilines is 1. The molecule has 1 aliphatic rings. The average molecular weight is 339 g/mol. The maximum Gasteiger partial charge on any atom is 0.387 e. The van der Waals surface area contributed by atoms with E-state index in [0.29, 0.717) is 23.7 Å². The van der Waals surface area contributed by atoms with Crippen LogP contribution in [0.4, 0.5) is 13.9 Å². The summed E-state index contributed by atoms with van der Waals surface area (Å²) in [5.41, 5.74) is 6.53. The number of benzene rings is 1. The SMILES string of the molecule is Cc1sc(NC(=O)C2(N)CC2)nc1-c1ccc(OC(F)F)cc1. The van der Waals surface area contributed by atoms with Gasteiger partial charge in [-0.2, -0.15) is 8.78 Å². The molecule has 3 rings (SSSR count). The number of nitrogens with one attached hydrogen (secondary N) is 1. The molecule has 0 bridgehead atoms. The number of halogens is 2. The zero-order valence-corrected chi connectivity index (χ0v) is 13.1. The van der Waals surface area contributed by atoms with Crippen molar-refractivity contribution < 1.29 is 18.3 Å². The molecule has 1 amide bonds. The molecule has 3 N–H and O–H groups in total. The van der Waals surface area contributed by atoms with Gasteiger partial charge >= 0.3 is 6.61 Å². The lowest BCUT2D eigenvalue weighted by Gasteiger charge is -2.06. The average Bonchev–Trinajstić information content (AvgIpc) is 3.14. The van der Waals surface area contributed by atoms with Crippen molar-refractivity contribution in [2.24, 2.45) is 5.73 Å². The molecule has 0 unspecified atom stereocenters. The van der Waals surface area contributed by atoms with Gasteiger partial charge in [0.05, 0.1) is 11.2 Å². The van der Waals surface area contributed by atoms with E-state index in [1.807, 2.05) is 6.92 Å². The monoisotopic (exact) mass is 339 g/mol. The molecule has 5 nitrogen and oxygen atoms in total. The highest BCUT2D eigenvalue weighted by atomic mass is 32.1. The number of carbonyl (C=O) groups excluding carboxylic acids is 1. The van der Waals surface area contributed by atoms with Crippen molar-refractivity contribution >= 4 is 22.4 Å². The minimum absolute atomic E-state index is 0.0870. The zero-order valence-electron chi connectivity index (χ0n) is 12.3. The van der Waals surface area contributed by atoms with Gasteiger partial charge in [0.25, 0.3) is 0 Å². The number of hydrogen-bond donors (Lipinski definition) is 2. The number of rotatable bonds is 5. The molecule has 0 saturated heterocycles. The van der Waals surface area contributed by atoms with Crippen LogP contribution >= 0.6 is 11.3 Å². The molecule has 1 saturated carbocycles. The molecule has 1 aromatic heterocycles. The second kappa shape index (κ2) is 5.86. The van der Waals surface area contributed by atoms with Crippen LogP contribution in [0.25, 0.3) is 11.3 Å². The van der Waals surface area contributed by atoms with Crippen molar-refractivity contribution in [2.75, 3.05) is 5.32 Å². The maximum absolute atomic E-state index is 12.2. The lowest BCUT2D eigenvalue weighted by molar-refractivity contribution is -0.118. The van der Waals surface area contributed by atoms with Gasteiger partial charge in [-0.05, 0) is 44.0 Å². The molecule has 1 aromatic carbocycles. The molecule has 0 atom stereocenters. The van der Waals surface area contributed by atoms with Crippen molar-refractivity contribution in [1.29, 1.82) is 0 Å². The van der Waals surface area contributed by atoms with Crippen molar-refractivity contribution in [2.45, 2.75) is 31.9 Å². The van der Waals surface area contributed by atoms with E-state index in [-0.39, 0.29) is 11.7 Å². The largest absolute Gasteiger partial charge is 0.435 e. The smallest absolute Gasteiger partial charge is 0.387 e. The topological polar surface area (TPSA) is 77.2 Å². The Bertz CT molecular complexity index is 727. The minimum Gasteiger partial charge on any atom is -0.435 e. The van der Waals surface area contributed by atoms with Crippen LogP contribution < -0.4 is 15.8 Å². The molecule has 0 spiro atoms. The van der Waals surface area contributed by atoms with Crippen molar-refractivity contribution in [1.82, 2.24) is 4.98 Å². The van der Waals surface area contributed by atoms with Gasteiger partial charge in [-0.15, -0.1) is 11.3 Å². The Labute approximate surface area is 135 Å². The Kier molecular flexibility index (Phi) is 4.03. The summed E-state index contributed by atoms with van der Waals surface area (Å²) in [4.78, 5) is 17.2. The molecule has 2 aromatic rings. The van der Waals surface area contributed by atoms with Crippen LogP contribution in [0.1, 0.15) is 17.7 Å². The number of alkyl halides is 2. The maximum atomic E-state index is 12.2. The standard InChI is InChI=1S/C15H15F2N3O2S/c1-8-11(9-2-4-10(5-3-9)22-13(16)17)19-14(23-8)20-12(21)15(18)6-7-15/h2-5,13H,6-7,18H2,1H3,(H,19,20,21). The number of ether oxygens (including phenoxy) is 1. The fourth-order valence-electron chi connectivity index (χ4n) is 2.10. The van der Waals surface area contributed by atoms with Gasteiger partial charge in [0, 0.05) is 10.4 Å². The van der Waals surface area contributed by atoms with E-state index in [1.165, 1.54) is 23.5 Å². The second-order valence-electron chi connectivity index (χ2n) is 5.44. The molecular weight excluding hydrogens is 324 g/mol. The molecule has 1 aliphatic carbocycles. The summed E-state index contributed by atoms with van der Waals surface area (Å²) in [5, 5.41) is 3.21. The first-order valence-electron chi connectivity index (χ1n) is 7.00. The van der Waals surface area contributed by atoms with E-state index in [0.717, 1.165) is 10.4 Å². The van der Waals surface area contributed by atoms with Crippen molar-refractivity contribution in [3.63, 3.8) is 0 Å². The van der Waals surface area contributed by atoms with E-state index in [1.54, 1.807) is 12.1 Å². The zero-order chi connectivity index (χ0) is 16.6. The number of thiazole rings is 1. The predicted octanol–water partition coefficient (Wildman–Crippen LogP) is 3.15. The number of nitrogens with zero attached hydrogens (tertiary/aromatic N) is 1. The first-order chi connectivity index (χ1) is 10.9. The van der Waals surface area contributed by atoms with Crippen LogP contribution in [-0.2, 0) is 4.79 Å². The van der Waals surface area contributed by atoms with Crippen LogP contribution in [-0.4, -0.2) is 23.0 Å². The minimum atomic E-state index is -2.85. The predicted molar refractivity (Wildman–Crippen MR) is 83.7 cm³/mol. The molecule has 122 valence electrons. The first kappa shape index (κ1) is 15.8. The third-order valence-electron chi connectivity index (χ3n) is 3.61. The van der Waals surface area contributed by atoms with Gasteiger partial charge in [-0.3, -0.25) is 4.79 Å². The number of aryl methyl sites for hydroxylation is 1. The number of hydrogen-bond acceptors (Lipinski definition) is 5. The summed E-state index contributed by atoms with van der Waals surface area (Å²) in [6.45, 7) is -0.976. The number of nitrogens with two attached hydrogens (primary N) is 1. The summed E-state index contributed by atoms with van der Waals surface area (Å²) >= 11 is 1.35. The van der Waals surface area contributed by atoms with E-state index >= 15 is 0 Å². The van der Waals surface area contributed by atoms with E-state index in [4.69, 9.17) is 5.73 Å². The summed E-state index contributed by atoms with van der Waals surface area (Å²) in [7, 11) is 0. The summed E-state index contributed by atoms with van der Waals surface area (Å²) in [5.74, 6) is -0.137. The molecule has 1 heterocycles. The summed E-state index contributed by atoms with van der Waals surface area (Å²) in [6.07, 6.45) is 1.36. The highest BCUT2D eigenvalue weighted by Crippen LogP contribution is 2.35. The van der Waals surface area contributed by atoms with Gasteiger partial charge < -0.3 is 15.8 Å². The van der Waals surface area contributed by atoms with Crippen LogP contribution in [0.5, 0.6) is 5.75 Å². The number of aromatic nitrogens is 1. The Morgan fingerprint density at radius 1 is 1.39 bits per heavy atom. The van der Waals surface area contributed by atoms with Crippen LogP contribution in [0.2, 0.25) is 0 Å². The van der Waals surface area contributed by atoms with Gasteiger partial charge in [0.15, 0.2) is 5.13 Å². The normalized spacial score (nSPS) is 15.5. The van der Waals surface area contributed by atoms with Crippen LogP contribution in [0.15, 0.2) is 24.3 Å². The Morgan fingerprint density at radius 3 is 2.61 bits per heavy atom. The highest BCUT2D eigenvalue weighted by Gasteiger charge is 2.46. The molecule has 0 radical (unpaired) electrons. The quantitative estimate of drug-likeness (QED) is 0.877. The van der Waals surface area contributed by atoms with Crippen molar-refractivity contribution in [3.05, 3.63) is 29.1 Å². The van der Waals surface area contributed by atoms with Gasteiger partial charge in [-0.1, -0.05) is 0 Å². The first-order valence-corrected chi connectivity index (χ1v) is 7.82. The molecular formula is C15H15F2N3O2S. The molecule has 0 aliphatic heterocycles. The summed E-state index contributed by atoms with van der Waals surface area (Å²) < 4.78 is 28.6. The second-order valence-corrected chi connectivity index (χ2v) is 6.64. The Hall–Kier alpha value is -2.06. The Balaban J connectivity index is 1.76. The van der Waals surface area contributed by atoms with E-state index in [9.17, 15) is 13.6 Å². The van der Waals surface area contributed by atoms with E-state index in [2.05, 4.69) is 15.0 Å². The highest BCUT2D eigenvalue weighted by molar-refractivity contribution is 7.16. The third kappa shape index (κ3) is 3.48. The van der Waals surface area contributed by atoms with Gasteiger partial charge in [0.2, 0.25) is 5.91 Å². The fraction of sp³-hybridized carbons (Fsp3) is 0.333. The van der Waals surface area contributed by atoms with Crippen LogP contribution in [0, 0.1) is 6.92 Å². The van der Waals surface area contributed by atoms with Gasteiger partial charge in [0.1, 0.15) is 5.75 Å². The fourth-order valence-corrected chi connectivity index (χ4v) is 2.93. The van der Waals surface area contributed by atoms with E-state index < -0.39 is 12.2 Å². The molecule has 23 heavy (non-hydrogen) atoms. The van der Waals surface area contributed by atoms with Crippen molar-refractivity contribution in [3.8, 4) is 17.0 Å². The third-order valence-corrected chi connectivity index (χ3v) is 4.50. The molecule has 8 heteroatoms. The van der Waals surface area contributed by atoms with Gasteiger partial charge in [-0.25, -0.2) is 4.98 Å². The number of carbonyl (C=O) groups is 1. The Morgan fingerprint density at radius 2 is 2.04 bits per heavy atom. The lowest BCUT2D eigenvalue weighted by atomic mass is 10.1. The number of amides is 1.